The number of unbranched alkanes of at least 4 members (excludes halogenated alkanes) is 2. The number of nitro benzene ring substituents is 1. The molecule has 1 unspecified atom stereocenters. The first-order valence-electron chi connectivity index (χ1n) is 6.25. The first-order valence-corrected chi connectivity index (χ1v) is 7.33. The van der Waals surface area contributed by atoms with Crippen molar-refractivity contribution in [1.82, 2.24) is 0 Å². The zero-order valence-electron chi connectivity index (χ0n) is 10.8. The van der Waals surface area contributed by atoms with Crippen LogP contribution >= 0.6 is 22.6 Å². The lowest BCUT2D eigenvalue weighted by Crippen LogP contribution is -2.15. The zero-order valence-corrected chi connectivity index (χ0v) is 12.9. The molecule has 18 heavy (non-hydrogen) atoms. The molecule has 1 rings (SSSR count). The fourth-order valence-corrected chi connectivity index (χ4v) is 2.29. The fourth-order valence-electron chi connectivity index (χ4n) is 1.82. The molecule has 0 radical (unpaired) electrons. The third-order valence-electron chi connectivity index (χ3n) is 2.80. The van der Waals surface area contributed by atoms with Crippen LogP contribution in [0.2, 0.25) is 0 Å². The Morgan fingerprint density at radius 3 is 2.78 bits per heavy atom. The number of benzene rings is 1. The quantitative estimate of drug-likeness (QED) is 0.334. The monoisotopic (exact) mass is 362 g/mol. The smallest absolute Gasteiger partial charge is 0.293 e. The Balaban J connectivity index is 2.68. The van der Waals surface area contributed by atoms with Crippen LogP contribution in [0.15, 0.2) is 18.2 Å². The summed E-state index contributed by atoms with van der Waals surface area (Å²) in [6.07, 6.45) is 4.59. The summed E-state index contributed by atoms with van der Waals surface area (Å²) in [5, 5.41) is 14.2. The number of nitrogens with zero attached hydrogens (tertiary/aromatic N) is 1. The Kier molecular flexibility index (Phi) is 6.38. The van der Waals surface area contributed by atoms with E-state index in [-0.39, 0.29) is 16.7 Å². The molecule has 0 amide bonds. The Morgan fingerprint density at radius 1 is 1.44 bits per heavy atom. The number of halogens is 1. The highest BCUT2D eigenvalue weighted by atomic mass is 127. The van der Waals surface area contributed by atoms with Crippen molar-refractivity contribution >= 4 is 34.0 Å². The normalized spacial score (nSPS) is 12.2. The van der Waals surface area contributed by atoms with Gasteiger partial charge in [-0.2, -0.15) is 0 Å². The molecule has 0 aliphatic carbocycles. The maximum Gasteiger partial charge on any atom is 0.293 e. The molecule has 5 heteroatoms. The molecule has 0 heterocycles. The van der Waals surface area contributed by atoms with Crippen LogP contribution < -0.4 is 5.32 Å². The second-order valence-electron chi connectivity index (χ2n) is 4.46. The van der Waals surface area contributed by atoms with Crippen LogP contribution in [0.5, 0.6) is 0 Å². The first kappa shape index (κ1) is 15.2. The average molecular weight is 362 g/mol. The van der Waals surface area contributed by atoms with Gasteiger partial charge in [-0.1, -0.05) is 26.2 Å². The maximum atomic E-state index is 11.0. The third kappa shape index (κ3) is 4.80. The zero-order chi connectivity index (χ0) is 13.5. The SMILES string of the molecule is CCCCCC(C)Nc1ccc(I)cc1[N+](=O)[O-]. The van der Waals surface area contributed by atoms with Gasteiger partial charge in [-0.25, -0.2) is 0 Å². The number of nitrogens with one attached hydrogen (secondary N) is 1. The summed E-state index contributed by atoms with van der Waals surface area (Å²) < 4.78 is 0.878. The van der Waals surface area contributed by atoms with Gasteiger partial charge in [0.05, 0.1) is 4.92 Å². The molecule has 0 bridgehead atoms. The van der Waals surface area contributed by atoms with Crippen LogP contribution in [0.25, 0.3) is 0 Å². The molecule has 4 nitrogen and oxygen atoms in total. The Bertz CT molecular complexity index is 410. The van der Waals surface area contributed by atoms with Crippen LogP contribution in [0, 0.1) is 13.7 Å². The maximum absolute atomic E-state index is 11.0. The summed E-state index contributed by atoms with van der Waals surface area (Å²) in [5.74, 6) is 0. The summed E-state index contributed by atoms with van der Waals surface area (Å²) in [6, 6.07) is 5.53. The summed E-state index contributed by atoms with van der Waals surface area (Å²) in [7, 11) is 0. The lowest BCUT2D eigenvalue weighted by atomic mass is 10.1. The van der Waals surface area contributed by atoms with E-state index in [0.717, 1.165) is 16.4 Å². The van der Waals surface area contributed by atoms with E-state index in [9.17, 15) is 10.1 Å². The van der Waals surface area contributed by atoms with Gasteiger partial charge >= 0.3 is 0 Å². The van der Waals surface area contributed by atoms with Crippen molar-refractivity contribution in [1.29, 1.82) is 0 Å². The van der Waals surface area contributed by atoms with Crippen LogP contribution in [-0.4, -0.2) is 11.0 Å². The van der Waals surface area contributed by atoms with Gasteiger partial charge in [-0.3, -0.25) is 10.1 Å². The summed E-state index contributed by atoms with van der Waals surface area (Å²) in [5.41, 5.74) is 0.772. The van der Waals surface area contributed by atoms with E-state index in [4.69, 9.17) is 0 Å². The third-order valence-corrected chi connectivity index (χ3v) is 3.47. The van der Waals surface area contributed by atoms with Gasteiger partial charge in [0.2, 0.25) is 0 Å². The van der Waals surface area contributed by atoms with Crippen molar-refractivity contribution in [2.45, 2.75) is 45.6 Å². The minimum absolute atomic E-state index is 0.157. The van der Waals surface area contributed by atoms with E-state index in [1.165, 1.54) is 12.8 Å². The Morgan fingerprint density at radius 2 is 2.17 bits per heavy atom. The number of nitro groups is 1. The van der Waals surface area contributed by atoms with Gasteiger partial charge in [0, 0.05) is 15.7 Å². The Labute approximate surface area is 121 Å². The molecule has 100 valence electrons. The summed E-state index contributed by atoms with van der Waals surface area (Å²) in [6.45, 7) is 4.24. The molecule has 0 saturated heterocycles. The van der Waals surface area contributed by atoms with E-state index >= 15 is 0 Å². The highest BCUT2D eigenvalue weighted by Gasteiger charge is 2.15. The van der Waals surface area contributed by atoms with Gasteiger partial charge in [-0.05, 0) is 48.1 Å². The van der Waals surface area contributed by atoms with Crippen LogP contribution in [0.4, 0.5) is 11.4 Å². The predicted octanol–water partition coefficient (Wildman–Crippen LogP) is 4.58. The topological polar surface area (TPSA) is 55.2 Å². The molecule has 1 N–H and O–H groups in total. The minimum Gasteiger partial charge on any atom is -0.377 e. The van der Waals surface area contributed by atoms with E-state index in [2.05, 4.69) is 41.8 Å². The van der Waals surface area contributed by atoms with Crippen molar-refractivity contribution in [3.8, 4) is 0 Å². The van der Waals surface area contributed by atoms with Gasteiger partial charge in [-0.15, -0.1) is 0 Å². The molecule has 0 fully saturated rings. The number of hydrogen-bond donors (Lipinski definition) is 1. The first-order chi connectivity index (χ1) is 8.54. The highest BCUT2D eigenvalue weighted by Crippen LogP contribution is 2.27. The molecular weight excluding hydrogens is 343 g/mol. The van der Waals surface area contributed by atoms with Gasteiger partial charge < -0.3 is 5.32 Å². The second-order valence-corrected chi connectivity index (χ2v) is 5.71. The fraction of sp³-hybridized carbons (Fsp3) is 0.538. The largest absolute Gasteiger partial charge is 0.377 e. The van der Waals surface area contributed by atoms with E-state index in [1.807, 2.05) is 6.07 Å². The summed E-state index contributed by atoms with van der Waals surface area (Å²) >= 11 is 2.08. The van der Waals surface area contributed by atoms with E-state index in [1.54, 1.807) is 12.1 Å². The van der Waals surface area contributed by atoms with Crippen LogP contribution in [0.3, 0.4) is 0 Å². The molecule has 0 aromatic heterocycles. The van der Waals surface area contributed by atoms with Crippen molar-refractivity contribution in [2.75, 3.05) is 5.32 Å². The van der Waals surface area contributed by atoms with Gasteiger partial charge in [0.25, 0.3) is 5.69 Å². The van der Waals surface area contributed by atoms with Crippen molar-refractivity contribution in [3.63, 3.8) is 0 Å². The molecule has 1 aromatic rings. The lowest BCUT2D eigenvalue weighted by Gasteiger charge is -2.15. The van der Waals surface area contributed by atoms with Crippen molar-refractivity contribution in [2.24, 2.45) is 0 Å². The molecule has 0 spiro atoms. The molecule has 0 aliphatic rings. The van der Waals surface area contributed by atoms with E-state index < -0.39 is 0 Å². The molecular formula is C13H19IN2O2. The van der Waals surface area contributed by atoms with Gasteiger partial charge in [0.1, 0.15) is 5.69 Å². The molecule has 0 aliphatic heterocycles. The highest BCUT2D eigenvalue weighted by molar-refractivity contribution is 14.1. The lowest BCUT2D eigenvalue weighted by molar-refractivity contribution is -0.384. The van der Waals surface area contributed by atoms with Gasteiger partial charge in [0.15, 0.2) is 0 Å². The number of anilines is 1. The number of rotatable bonds is 7. The minimum atomic E-state index is -0.330. The van der Waals surface area contributed by atoms with Crippen molar-refractivity contribution < 1.29 is 4.92 Å². The average Bonchev–Trinajstić information content (AvgIpc) is 2.31. The molecule has 0 saturated carbocycles. The molecule has 1 aromatic carbocycles. The van der Waals surface area contributed by atoms with Crippen molar-refractivity contribution in [3.05, 3.63) is 31.9 Å². The van der Waals surface area contributed by atoms with Crippen LogP contribution in [0.1, 0.15) is 39.5 Å². The summed E-state index contributed by atoms with van der Waals surface area (Å²) in [4.78, 5) is 10.6. The Hall–Kier alpha value is -0.850. The second kappa shape index (κ2) is 7.56. The molecule has 1 atom stereocenters. The predicted molar refractivity (Wildman–Crippen MR) is 83.0 cm³/mol. The van der Waals surface area contributed by atoms with E-state index in [0.29, 0.717) is 5.69 Å². The number of hydrogen-bond acceptors (Lipinski definition) is 3. The van der Waals surface area contributed by atoms with Crippen LogP contribution in [-0.2, 0) is 0 Å². The standard InChI is InChI=1S/C13H19IN2O2/c1-3-4-5-6-10(2)15-12-8-7-11(14)9-13(12)16(17)18/h7-10,15H,3-6H2,1-2H3.